The number of para-hydroxylation sites is 1. The molecule has 7 heteroatoms. The number of ether oxygens (including phenoxy) is 1. The van der Waals surface area contributed by atoms with Gasteiger partial charge in [0, 0.05) is 25.2 Å². The summed E-state index contributed by atoms with van der Waals surface area (Å²) in [5, 5.41) is 17.3. The van der Waals surface area contributed by atoms with Gasteiger partial charge in [-0.3, -0.25) is 10.1 Å². The average molecular weight is 356 g/mol. The summed E-state index contributed by atoms with van der Waals surface area (Å²) in [6.07, 6.45) is 0.797. The molecule has 7 nitrogen and oxygen atoms in total. The molecule has 0 saturated heterocycles. The highest BCUT2D eigenvalue weighted by molar-refractivity contribution is 5.79. The zero-order valence-corrected chi connectivity index (χ0v) is 15.1. The first-order valence-corrected chi connectivity index (χ1v) is 8.51. The molecule has 0 bridgehead atoms. The van der Waals surface area contributed by atoms with Gasteiger partial charge >= 0.3 is 0 Å². The van der Waals surface area contributed by atoms with Crippen molar-refractivity contribution >= 4 is 11.6 Å². The number of guanidine groups is 1. The van der Waals surface area contributed by atoms with Crippen molar-refractivity contribution in [1.29, 1.82) is 0 Å². The van der Waals surface area contributed by atoms with Crippen molar-refractivity contribution in [2.24, 2.45) is 4.99 Å². The van der Waals surface area contributed by atoms with E-state index in [0.29, 0.717) is 19.0 Å². The fraction of sp³-hybridized carbons (Fsp3) is 0.316. The molecule has 2 aromatic carbocycles. The summed E-state index contributed by atoms with van der Waals surface area (Å²) in [6.45, 7) is 3.78. The van der Waals surface area contributed by atoms with E-state index in [4.69, 9.17) is 4.74 Å². The number of hydrogen-bond donors (Lipinski definition) is 2. The van der Waals surface area contributed by atoms with Gasteiger partial charge in [-0.1, -0.05) is 30.3 Å². The number of nitrogens with zero attached hydrogens (tertiary/aromatic N) is 2. The molecular weight excluding hydrogens is 332 g/mol. The summed E-state index contributed by atoms with van der Waals surface area (Å²) in [5.74, 6) is 1.54. The van der Waals surface area contributed by atoms with Crippen LogP contribution in [0.15, 0.2) is 53.5 Å². The van der Waals surface area contributed by atoms with E-state index in [1.807, 2.05) is 37.3 Å². The van der Waals surface area contributed by atoms with Crippen LogP contribution in [0.1, 0.15) is 18.1 Å². The molecule has 0 amide bonds. The Morgan fingerprint density at radius 1 is 1.19 bits per heavy atom. The van der Waals surface area contributed by atoms with Crippen LogP contribution in [0.25, 0.3) is 0 Å². The van der Waals surface area contributed by atoms with E-state index in [0.717, 1.165) is 29.8 Å². The highest BCUT2D eigenvalue weighted by Gasteiger charge is 2.06. The van der Waals surface area contributed by atoms with Crippen molar-refractivity contribution in [3.05, 3.63) is 69.8 Å². The predicted octanol–water partition coefficient (Wildman–Crippen LogP) is 2.90. The Bertz CT molecular complexity index is 762. The minimum absolute atomic E-state index is 0.0758. The molecule has 2 rings (SSSR count). The summed E-state index contributed by atoms with van der Waals surface area (Å²) in [7, 11) is 1.66. The van der Waals surface area contributed by atoms with Crippen LogP contribution in [0.5, 0.6) is 5.75 Å². The summed E-state index contributed by atoms with van der Waals surface area (Å²) >= 11 is 0. The Balaban J connectivity index is 1.96. The first-order valence-electron chi connectivity index (χ1n) is 8.51. The fourth-order valence-electron chi connectivity index (χ4n) is 2.51. The van der Waals surface area contributed by atoms with Gasteiger partial charge in [-0.25, -0.2) is 4.99 Å². The van der Waals surface area contributed by atoms with Crippen LogP contribution in [0, 0.1) is 10.1 Å². The number of rotatable bonds is 8. The molecule has 0 aliphatic carbocycles. The van der Waals surface area contributed by atoms with Crippen LogP contribution in [0.4, 0.5) is 5.69 Å². The molecule has 0 unspecified atom stereocenters. The van der Waals surface area contributed by atoms with Gasteiger partial charge in [0.2, 0.25) is 0 Å². The SMILES string of the molecule is CCNC(=NCc1cccc([N+](=O)[O-])c1)NCCc1ccccc1OC. The van der Waals surface area contributed by atoms with E-state index in [1.54, 1.807) is 19.2 Å². The van der Waals surface area contributed by atoms with Gasteiger partial charge in [0.25, 0.3) is 5.69 Å². The Labute approximate surface area is 153 Å². The fourth-order valence-corrected chi connectivity index (χ4v) is 2.51. The molecule has 2 aromatic rings. The van der Waals surface area contributed by atoms with Gasteiger partial charge < -0.3 is 15.4 Å². The number of methoxy groups -OCH3 is 1. The maximum Gasteiger partial charge on any atom is 0.269 e. The molecule has 0 aliphatic rings. The molecule has 0 saturated carbocycles. The summed E-state index contributed by atoms with van der Waals surface area (Å²) < 4.78 is 5.36. The topological polar surface area (TPSA) is 88.8 Å². The molecule has 0 spiro atoms. The van der Waals surface area contributed by atoms with E-state index in [2.05, 4.69) is 15.6 Å². The smallest absolute Gasteiger partial charge is 0.269 e. The van der Waals surface area contributed by atoms with Crippen LogP contribution >= 0.6 is 0 Å². The Morgan fingerprint density at radius 2 is 2.00 bits per heavy atom. The van der Waals surface area contributed by atoms with Crippen LogP contribution in [0.2, 0.25) is 0 Å². The number of non-ortho nitro benzene ring substituents is 1. The molecule has 2 N–H and O–H groups in total. The Hall–Kier alpha value is -3.09. The van der Waals surface area contributed by atoms with Crippen molar-refractivity contribution in [2.45, 2.75) is 19.9 Å². The first kappa shape index (κ1) is 19.2. The number of nitrogens with one attached hydrogen (secondary N) is 2. The largest absolute Gasteiger partial charge is 0.496 e. The lowest BCUT2D eigenvalue weighted by atomic mass is 10.1. The second kappa shape index (κ2) is 10.0. The lowest BCUT2D eigenvalue weighted by molar-refractivity contribution is -0.384. The van der Waals surface area contributed by atoms with Crippen LogP contribution in [-0.4, -0.2) is 31.1 Å². The van der Waals surface area contributed by atoms with Crippen LogP contribution in [-0.2, 0) is 13.0 Å². The minimum atomic E-state index is -0.399. The molecule has 0 radical (unpaired) electrons. The molecule has 0 heterocycles. The van der Waals surface area contributed by atoms with E-state index in [1.165, 1.54) is 6.07 Å². The second-order valence-corrected chi connectivity index (χ2v) is 5.61. The van der Waals surface area contributed by atoms with Crippen LogP contribution < -0.4 is 15.4 Å². The minimum Gasteiger partial charge on any atom is -0.496 e. The number of benzene rings is 2. The zero-order chi connectivity index (χ0) is 18.8. The predicted molar refractivity (Wildman–Crippen MR) is 103 cm³/mol. The third-order valence-electron chi connectivity index (χ3n) is 3.76. The molecular formula is C19H24N4O3. The van der Waals surface area contributed by atoms with Crippen molar-refractivity contribution < 1.29 is 9.66 Å². The Morgan fingerprint density at radius 3 is 2.73 bits per heavy atom. The lowest BCUT2D eigenvalue weighted by Crippen LogP contribution is -2.38. The van der Waals surface area contributed by atoms with E-state index in [9.17, 15) is 10.1 Å². The molecule has 138 valence electrons. The van der Waals surface area contributed by atoms with Gasteiger partial charge in [0.15, 0.2) is 5.96 Å². The van der Waals surface area contributed by atoms with E-state index < -0.39 is 4.92 Å². The molecule has 0 atom stereocenters. The summed E-state index contributed by atoms with van der Waals surface area (Å²) in [6, 6.07) is 14.4. The summed E-state index contributed by atoms with van der Waals surface area (Å²) in [4.78, 5) is 15.0. The highest BCUT2D eigenvalue weighted by Crippen LogP contribution is 2.17. The lowest BCUT2D eigenvalue weighted by Gasteiger charge is -2.12. The third kappa shape index (κ3) is 5.77. The molecule has 26 heavy (non-hydrogen) atoms. The van der Waals surface area contributed by atoms with E-state index in [-0.39, 0.29) is 5.69 Å². The molecule has 0 aliphatic heterocycles. The van der Waals surface area contributed by atoms with Gasteiger partial charge in [0.1, 0.15) is 5.75 Å². The highest BCUT2D eigenvalue weighted by atomic mass is 16.6. The number of aliphatic imine (C=N–C) groups is 1. The Kier molecular flexibility index (Phi) is 7.42. The van der Waals surface area contributed by atoms with Gasteiger partial charge in [-0.15, -0.1) is 0 Å². The van der Waals surface area contributed by atoms with Gasteiger partial charge in [-0.2, -0.15) is 0 Å². The van der Waals surface area contributed by atoms with Crippen LogP contribution in [0.3, 0.4) is 0 Å². The van der Waals surface area contributed by atoms with Gasteiger partial charge in [0.05, 0.1) is 18.6 Å². The molecule has 0 fully saturated rings. The van der Waals surface area contributed by atoms with Crippen molar-refractivity contribution in [3.8, 4) is 5.75 Å². The van der Waals surface area contributed by atoms with Crippen molar-refractivity contribution in [3.63, 3.8) is 0 Å². The van der Waals surface area contributed by atoms with E-state index >= 15 is 0 Å². The maximum atomic E-state index is 10.9. The quantitative estimate of drug-likeness (QED) is 0.329. The maximum absolute atomic E-state index is 10.9. The number of nitro groups is 1. The summed E-state index contributed by atoms with van der Waals surface area (Å²) in [5.41, 5.74) is 1.99. The standard InChI is InChI=1S/C19H24N4O3/c1-3-20-19(21-12-11-16-8-4-5-10-18(16)26-2)22-14-15-7-6-9-17(13-15)23(24)25/h4-10,13H,3,11-12,14H2,1-2H3,(H2,20,21,22). The molecule has 0 aromatic heterocycles. The second-order valence-electron chi connectivity index (χ2n) is 5.61. The monoisotopic (exact) mass is 356 g/mol. The van der Waals surface area contributed by atoms with Crippen molar-refractivity contribution in [2.75, 3.05) is 20.2 Å². The number of hydrogen-bond acceptors (Lipinski definition) is 4. The van der Waals surface area contributed by atoms with Crippen molar-refractivity contribution in [1.82, 2.24) is 10.6 Å². The number of nitro benzene ring substituents is 1. The zero-order valence-electron chi connectivity index (χ0n) is 15.1. The normalized spacial score (nSPS) is 11.1. The van der Waals surface area contributed by atoms with Gasteiger partial charge in [-0.05, 0) is 30.5 Å². The average Bonchev–Trinajstić information content (AvgIpc) is 2.66. The first-order chi connectivity index (χ1) is 12.6. The third-order valence-corrected chi connectivity index (χ3v) is 3.76.